The molecule has 4 N–H and O–H groups in total. The van der Waals surface area contributed by atoms with E-state index in [1.54, 1.807) is 19.1 Å². The van der Waals surface area contributed by atoms with Crippen molar-refractivity contribution in [3.63, 3.8) is 0 Å². The zero-order valence-corrected chi connectivity index (χ0v) is 20.6. The van der Waals surface area contributed by atoms with Crippen molar-refractivity contribution in [3.8, 4) is 0 Å². The fourth-order valence-electron chi connectivity index (χ4n) is 4.80. The fourth-order valence-corrected chi connectivity index (χ4v) is 4.80. The van der Waals surface area contributed by atoms with Crippen LogP contribution < -0.4 is 10.6 Å². The molecule has 0 spiro atoms. The first-order valence-corrected chi connectivity index (χ1v) is 12.7. The van der Waals surface area contributed by atoms with Crippen LogP contribution >= 0.6 is 0 Å². The number of furan rings is 1. The van der Waals surface area contributed by atoms with Crippen LogP contribution in [0, 0.1) is 17.8 Å². The van der Waals surface area contributed by atoms with Crippen molar-refractivity contribution in [2.45, 2.75) is 84.0 Å². The Morgan fingerprint density at radius 3 is 2.47 bits per heavy atom. The predicted molar refractivity (Wildman–Crippen MR) is 132 cm³/mol. The Morgan fingerprint density at radius 2 is 1.79 bits per heavy atom. The normalized spacial score (nSPS) is 18.4. The first-order valence-electron chi connectivity index (χ1n) is 12.7. The molecule has 7 heteroatoms. The zero-order valence-electron chi connectivity index (χ0n) is 20.6. The highest BCUT2D eigenvalue weighted by Crippen LogP contribution is 2.29. The lowest BCUT2D eigenvalue weighted by molar-refractivity contribution is -0.127. The zero-order chi connectivity index (χ0) is 24.7. The van der Waals surface area contributed by atoms with E-state index in [2.05, 4.69) is 10.6 Å². The molecule has 0 radical (unpaired) electrons. The van der Waals surface area contributed by atoms with Crippen LogP contribution in [0.4, 0.5) is 0 Å². The lowest BCUT2D eigenvalue weighted by Gasteiger charge is -2.33. The Bertz CT molecular complexity index is 901. The van der Waals surface area contributed by atoms with E-state index < -0.39 is 24.2 Å². The second-order valence-corrected chi connectivity index (χ2v) is 10.3. The van der Waals surface area contributed by atoms with Crippen molar-refractivity contribution in [1.82, 2.24) is 10.6 Å². The number of benzene rings is 1. The summed E-state index contributed by atoms with van der Waals surface area (Å²) in [5.41, 5.74) is 0.637. The molecule has 4 atom stereocenters. The molecule has 1 aliphatic rings. The predicted octanol–water partition coefficient (Wildman–Crippen LogP) is 4.02. The van der Waals surface area contributed by atoms with Crippen molar-refractivity contribution >= 4 is 22.8 Å². The third-order valence-corrected chi connectivity index (χ3v) is 6.82. The third kappa shape index (κ3) is 7.31. The Morgan fingerprint density at radius 1 is 1.09 bits per heavy atom. The van der Waals surface area contributed by atoms with E-state index in [-0.39, 0.29) is 30.0 Å². The highest BCUT2D eigenvalue weighted by atomic mass is 16.3. The van der Waals surface area contributed by atoms with Crippen LogP contribution in [-0.4, -0.2) is 46.8 Å². The number of fused-ring (bicyclic) bond motifs is 1. The Hall–Kier alpha value is -2.38. The van der Waals surface area contributed by atoms with Crippen molar-refractivity contribution in [2.24, 2.45) is 17.8 Å². The standard InChI is InChI=1S/C27H40N2O5/c1-17(2)13-22(30)25(31)21(14-19-9-5-4-6-10-19)29-26(32)18(3)16-28-27(33)24-15-20-11-7-8-12-23(20)34-24/h7-8,11-12,15,17-19,21-22,25,30-31H,4-6,9-10,13-14,16H2,1-3H3,(H,28,33)(H,29,32)/t18-,21-,22-,25+/m0/s1. The molecule has 2 amide bonds. The minimum absolute atomic E-state index is 0.141. The van der Waals surface area contributed by atoms with E-state index in [1.165, 1.54) is 19.3 Å². The number of rotatable bonds is 11. The van der Waals surface area contributed by atoms with Crippen LogP contribution in [0.5, 0.6) is 0 Å². The van der Waals surface area contributed by atoms with E-state index in [0.717, 1.165) is 18.2 Å². The quantitative estimate of drug-likeness (QED) is 0.395. The number of aliphatic hydroxyl groups excluding tert-OH is 2. The number of para-hydroxylation sites is 1. The number of carbonyl (C=O) groups is 2. The van der Waals surface area contributed by atoms with Gasteiger partial charge in [0.2, 0.25) is 5.91 Å². The minimum atomic E-state index is -1.02. The van der Waals surface area contributed by atoms with Gasteiger partial charge in [-0.25, -0.2) is 0 Å². The van der Waals surface area contributed by atoms with Crippen LogP contribution in [-0.2, 0) is 4.79 Å². The summed E-state index contributed by atoms with van der Waals surface area (Å²) in [5.74, 6) is -0.248. The molecule has 1 heterocycles. The van der Waals surface area contributed by atoms with Gasteiger partial charge in [-0.15, -0.1) is 0 Å². The number of nitrogens with one attached hydrogen (secondary N) is 2. The van der Waals surface area contributed by atoms with Gasteiger partial charge in [0.1, 0.15) is 11.7 Å². The lowest BCUT2D eigenvalue weighted by atomic mass is 9.82. The van der Waals surface area contributed by atoms with Crippen LogP contribution in [0.2, 0.25) is 0 Å². The summed E-state index contributed by atoms with van der Waals surface area (Å²) in [6.07, 6.45) is 4.95. The van der Waals surface area contributed by atoms with Crippen LogP contribution in [0.3, 0.4) is 0 Å². The van der Waals surface area contributed by atoms with Gasteiger partial charge in [-0.05, 0) is 36.8 Å². The Kier molecular flexibility index (Phi) is 9.54. The fraction of sp³-hybridized carbons (Fsp3) is 0.630. The summed E-state index contributed by atoms with van der Waals surface area (Å²) >= 11 is 0. The lowest BCUT2D eigenvalue weighted by Crippen LogP contribution is -2.52. The molecule has 2 aromatic rings. The monoisotopic (exact) mass is 472 g/mol. The van der Waals surface area contributed by atoms with Gasteiger partial charge in [0.15, 0.2) is 5.76 Å². The van der Waals surface area contributed by atoms with Crippen LogP contribution in [0.1, 0.15) is 76.3 Å². The molecule has 1 fully saturated rings. The maximum Gasteiger partial charge on any atom is 0.287 e. The Balaban J connectivity index is 1.57. The van der Waals surface area contributed by atoms with E-state index in [1.807, 2.05) is 32.0 Å². The van der Waals surface area contributed by atoms with Gasteiger partial charge >= 0.3 is 0 Å². The van der Waals surface area contributed by atoms with Crippen molar-refractivity contribution in [1.29, 1.82) is 0 Å². The summed E-state index contributed by atoms with van der Waals surface area (Å²) in [7, 11) is 0. The molecular weight excluding hydrogens is 432 g/mol. The van der Waals surface area contributed by atoms with Crippen LogP contribution in [0.25, 0.3) is 11.0 Å². The van der Waals surface area contributed by atoms with Gasteiger partial charge in [0, 0.05) is 11.9 Å². The SMILES string of the molecule is CC(C)C[C@H](O)[C@H](O)[C@H](CC1CCCCC1)NC(=O)[C@@H](C)CNC(=O)c1cc2ccccc2o1. The summed E-state index contributed by atoms with van der Waals surface area (Å²) in [5, 5.41) is 28.0. The van der Waals surface area contributed by atoms with Crippen molar-refractivity contribution < 1.29 is 24.2 Å². The van der Waals surface area contributed by atoms with Crippen molar-refractivity contribution in [3.05, 3.63) is 36.1 Å². The highest BCUT2D eigenvalue weighted by molar-refractivity contribution is 5.96. The molecule has 0 saturated heterocycles. The molecule has 1 aliphatic carbocycles. The van der Waals surface area contributed by atoms with Gasteiger partial charge in [-0.2, -0.15) is 0 Å². The topological polar surface area (TPSA) is 112 Å². The molecule has 7 nitrogen and oxygen atoms in total. The smallest absolute Gasteiger partial charge is 0.287 e. The molecule has 1 saturated carbocycles. The van der Waals surface area contributed by atoms with Crippen molar-refractivity contribution in [2.75, 3.05) is 6.54 Å². The van der Waals surface area contributed by atoms with E-state index in [4.69, 9.17) is 4.42 Å². The molecule has 1 aromatic carbocycles. The summed E-state index contributed by atoms with van der Waals surface area (Å²) in [6, 6.07) is 8.56. The molecule has 0 aliphatic heterocycles. The Labute approximate surface area is 202 Å². The summed E-state index contributed by atoms with van der Waals surface area (Å²) < 4.78 is 5.59. The van der Waals surface area contributed by atoms with E-state index in [0.29, 0.717) is 24.3 Å². The van der Waals surface area contributed by atoms with Gasteiger partial charge in [0.25, 0.3) is 5.91 Å². The van der Waals surface area contributed by atoms with Gasteiger partial charge in [0.05, 0.1) is 18.1 Å². The number of aliphatic hydroxyl groups is 2. The first-order chi connectivity index (χ1) is 16.2. The molecule has 0 bridgehead atoms. The minimum Gasteiger partial charge on any atom is -0.451 e. The number of amides is 2. The molecule has 1 aromatic heterocycles. The maximum atomic E-state index is 13.0. The summed E-state index contributed by atoms with van der Waals surface area (Å²) in [4.78, 5) is 25.5. The average Bonchev–Trinajstić information content (AvgIpc) is 3.26. The van der Waals surface area contributed by atoms with Gasteiger partial charge < -0.3 is 25.3 Å². The number of carbonyl (C=O) groups excluding carboxylic acids is 2. The van der Waals surface area contributed by atoms with Crippen LogP contribution in [0.15, 0.2) is 34.7 Å². The molecule has 188 valence electrons. The molecule has 34 heavy (non-hydrogen) atoms. The van der Waals surface area contributed by atoms with E-state index >= 15 is 0 Å². The average molecular weight is 473 g/mol. The number of hydrogen-bond donors (Lipinski definition) is 4. The summed E-state index contributed by atoms with van der Waals surface area (Å²) in [6.45, 7) is 5.88. The molecule has 3 rings (SSSR count). The number of hydrogen-bond acceptors (Lipinski definition) is 5. The molecule has 0 unspecified atom stereocenters. The van der Waals surface area contributed by atoms with Gasteiger partial charge in [-0.1, -0.05) is 71.1 Å². The second kappa shape index (κ2) is 12.4. The maximum absolute atomic E-state index is 13.0. The third-order valence-electron chi connectivity index (χ3n) is 6.82. The largest absolute Gasteiger partial charge is 0.451 e. The van der Waals surface area contributed by atoms with E-state index in [9.17, 15) is 19.8 Å². The first kappa shape index (κ1) is 26.2. The molecular formula is C27H40N2O5. The second-order valence-electron chi connectivity index (χ2n) is 10.3. The van der Waals surface area contributed by atoms with Gasteiger partial charge in [-0.3, -0.25) is 9.59 Å². The highest BCUT2D eigenvalue weighted by Gasteiger charge is 2.32.